The Morgan fingerprint density at radius 1 is 0.793 bits per heavy atom. The summed E-state index contributed by atoms with van der Waals surface area (Å²) in [7, 11) is 0. The first-order chi connectivity index (χ1) is 14.2. The first-order valence-corrected chi connectivity index (χ1v) is 10.8. The van der Waals surface area contributed by atoms with Gasteiger partial charge in [-0.25, -0.2) is 0 Å². The minimum atomic E-state index is -0.203. The zero-order valence-electron chi connectivity index (χ0n) is 16.8. The van der Waals surface area contributed by atoms with Gasteiger partial charge in [-0.05, 0) is 68.1 Å². The van der Waals surface area contributed by atoms with Gasteiger partial charge in [0, 0.05) is 41.6 Å². The van der Waals surface area contributed by atoms with Gasteiger partial charge in [0.15, 0.2) is 0 Å². The topological polar surface area (TPSA) is 61.4 Å². The van der Waals surface area contributed by atoms with Crippen molar-refractivity contribution in [3.63, 3.8) is 0 Å². The van der Waals surface area contributed by atoms with Crippen molar-refractivity contribution in [2.24, 2.45) is 0 Å². The molecule has 2 N–H and O–H groups in total. The van der Waals surface area contributed by atoms with E-state index in [1.807, 2.05) is 12.1 Å². The molecule has 0 spiro atoms. The average molecular weight is 392 g/mol. The van der Waals surface area contributed by atoms with E-state index in [9.17, 15) is 9.59 Å². The maximum Gasteiger partial charge on any atom is 0.255 e. The second-order valence-corrected chi connectivity index (χ2v) is 8.08. The number of hydrogen-bond acceptors (Lipinski definition) is 3. The summed E-state index contributed by atoms with van der Waals surface area (Å²) in [4.78, 5) is 27.6. The smallest absolute Gasteiger partial charge is 0.255 e. The number of benzene rings is 2. The Morgan fingerprint density at radius 3 is 2.14 bits per heavy atom. The summed E-state index contributed by atoms with van der Waals surface area (Å²) in [6.07, 6.45) is 8.15. The molecule has 1 saturated heterocycles. The Morgan fingerprint density at radius 2 is 1.45 bits per heavy atom. The molecule has 152 valence electrons. The summed E-state index contributed by atoms with van der Waals surface area (Å²) >= 11 is 0. The predicted octanol–water partition coefficient (Wildman–Crippen LogP) is 4.60. The molecule has 2 fully saturated rings. The van der Waals surface area contributed by atoms with Gasteiger partial charge in [0.25, 0.3) is 11.8 Å². The van der Waals surface area contributed by atoms with Gasteiger partial charge in [0.1, 0.15) is 0 Å². The lowest BCUT2D eigenvalue weighted by Crippen LogP contribution is -2.36. The van der Waals surface area contributed by atoms with Crippen molar-refractivity contribution < 1.29 is 9.59 Å². The van der Waals surface area contributed by atoms with Gasteiger partial charge >= 0.3 is 0 Å². The molecule has 0 atom stereocenters. The summed E-state index contributed by atoms with van der Waals surface area (Å²) in [6, 6.07) is 15.2. The average Bonchev–Trinajstić information content (AvgIpc) is 3.30. The van der Waals surface area contributed by atoms with Crippen LogP contribution < -0.4 is 15.5 Å². The number of rotatable bonds is 5. The molecule has 1 saturated carbocycles. The molecule has 29 heavy (non-hydrogen) atoms. The van der Waals surface area contributed by atoms with Crippen LogP contribution in [0, 0.1) is 0 Å². The van der Waals surface area contributed by atoms with Crippen LogP contribution >= 0.6 is 0 Å². The minimum absolute atomic E-state index is 0.0958. The molecular formula is C24H29N3O2. The Bertz CT molecular complexity index is 851. The van der Waals surface area contributed by atoms with Crippen LogP contribution in [0.25, 0.3) is 0 Å². The van der Waals surface area contributed by atoms with Crippen LogP contribution in [-0.2, 0) is 0 Å². The normalized spacial score (nSPS) is 17.2. The largest absolute Gasteiger partial charge is 0.372 e. The summed E-state index contributed by atoms with van der Waals surface area (Å²) in [5.74, 6) is -0.298. The first-order valence-electron chi connectivity index (χ1n) is 10.8. The molecule has 2 aromatic carbocycles. The van der Waals surface area contributed by atoms with Crippen molar-refractivity contribution in [3.05, 3.63) is 59.7 Å². The molecular weight excluding hydrogens is 362 g/mol. The molecule has 0 radical (unpaired) electrons. The zero-order valence-corrected chi connectivity index (χ0v) is 16.8. The molecule has 2 aliphatic rings. The van der Waals surface area contributed by atoms with E-state index in [0.717, 1.165) is 31.6 Å². The molecule has 2 amide bonds. The molecule has 4 rings (SSSR count). The van der Waals surface area contributed by atoms with Crippen molar-refractivity contribution in [2.75, 3.05) is 23.3 Å². The molecule has 0 unspecified atom stereocenters. The summed E-state index contributed by atoms with van der Waals surface area (Å²) < 4.78 is 0. The number of carbonyl (C=O) groups is 2. The third-order valence-electron chi connectivity index (χ3n) is 5.92. The van der Waals surface area contributed by atoms with Gasteiger partial charge in [-0.3, -0.25) is 9.59 Å². The Balaban J connectivity index is 1.38. The van der Waals surface area contributed by atoms with Crippen molar-refractivity contribution >= 4 is 23.2 Å². The maximum absolute atomic E-state index is 12.7. The fourth-order valence-electron chi connectivity index (χ4n) is 4.25. The van der Waals surface area contributed by atoms with E-state index in [2.05, 4.69) is 27.7 Å². The molecule has 0 aromatic heterocycles. The number of carbonyl (C=O) groups excluding carboxylic acids is 2. The highest BCUT2D eigenvalue weighted by atomic mass is 16.2. The second kappa shape index (κ2) is 9.12. The highest BCUT2D eigenvalue weighted by Crippen LogP contribution is 2.22. The third kappa shape index (κ3) is 4.97. The van der Waals surface area contributed by atoms with Crippen molar-refractivity contribution in [1.82, 2.24) is 5.32 Å². The number of nitrogens with zero attached hydrogens (tertiary/aromatic N) is 1. The van der Waals surface area contributed by atoms with Crippen LogP contribution in [-0.4, -0.2) is 30.9 Å². The fourth-order valence-corrected chi connectivity index (χ4v) is 4.25. The molecule has 1 aliphatic heterocycles. The van der Waals surface area contributed by atoms with Crippen LogP contribution in [0.2, 0.25) is 0 Å². The van der Waals surface area contributed by atoms with Gasteiger partial charge in [0.2, 0.25) is 0 Å². The SMILES string of the molecule is O=C(Nc1ccc(N2CCCC2)cc1)c1cccc(C(=O)NC2CCCCC2)c1. The molecule has 1 heterocycles. The lowest BCUT2D eigenvalue weighted by atomic mass is 9.95. The molecule has 1 aliphatic carbocycles. The second-order valence-electron chi connectivity index (χ2n) is 8.08. The number of nitrogens with one attached hydrogen (secondary N) is 2. The van der Waals surface area contributed by atoms with E-state index < -0.39 is 0 Å². The van der Waals surface area contributed by atoms with Crippen LogP contribution in [0.1, 0.15) is 65.7 Å². The summed E-state index contributed by atoms with van der Waals surface area (Å²) in [6.45, 7) is 2.20. The van der Waals surface area contributed by atoms with Crippen molar-refractivity contribution in [3.8, 4) is 0 Å². The molecule has 5 nitrogen and oxygen atoms in total. The van der Waals surface area contributed by atoms with Gasteiger partial charge < -0.3 is 15.5 Å². The highest BCUT2D eigenvalue weighted by Gasteiger charge is 2.18. The van der Waals surface area contributed by atoms with E-state index in [4.69, 9.17) is 0 Å². The van der Waals surface area contributed by atoms with E-state index in [1.54, 1.807) is 24.3 Å². The van der Waals surface area contributed by atoms with E-state index >= 15 is 0 Å². The van der Waals surface area contributed by atoms with Crippen molar-refractivity contribution in [2.45, 2.75) is 51.0 Å². The van der Waals surface area contributed by atoms with Gasteiger partial charge in [-0.15, -0.1) is 0 Å². The van der Waals surface area contributed by atoms with Crippen LogP contribution in [0.5, 0.6) is 0 Å². The summed E-state index contributed by atoms with van der Waals surface area (Å²) in [5, 5.41) is 6.04. The van der Waals surface area contributed by atoms with Gasteiger partial charge in [0.05, 0.1) is 0 Å². The van der Waals surface area contributed by atoms with Crippen LogP contribution in [0.3, 0.4) is 0 Å². The van der Waals surface area contributed by atoms with Crippen LogP contribution in [0.4, 0.5) is 11.4 Å². The summed E-state index contributed by atoms with van der Waals surface area (Å²) in [5.41, 5.74) is 2.98. The zero-order chi connectivity index (χ0) is 20.1. The standard InChI is InChI=1S/C24H29N3O2/c28-23(25-20-9-2-1-3-10-20)18-7-6-8-19(17-18)24(29)26-21-11-13-22(14-12-21)27-15-4-5-16-27/h6-8,11-14,17,20H,1-5,9-10,15-16H2,(H,25,28)(H,26,29). The quantitative estimate of drug-likeness (QED) is 0.783. The minimum Gasteiger partial charge on any atom is -0.372 e. The number of hydrogen-bond donors (Lipinski definition) is 2. The molecule has 5 heteroatoms. The number of amides is 2. The fraction of sp³-hybridized carbons (Fsp3) is 0.417. The lowest BCUT2D eigenvalue weighted by Gasteiger charge is -2.22. The first kappa shape index (κ1) is 19.5. The number of anilines is 2. The third-order valence-corrected chi connectivity index (χ3v) is 5.92. The van der Waals surface area contributed by atoms with Gasteiger partial charge in [-0.2, -0.15) is 0 Å². The van der Waals surface area contributed by atoms with Gasteiger partial charge in [-0.1, -0.05) is 25.3 Å². The van der Waals surface area contributed by atoms with E-state index in [0.29, 0.717) is 11.1 Å². The predicted molar refractivity (Wildman–Crippen MR) is 117 cm³/mol. The molecule has 2 aromatic rings. The Kier molecular flexibility index (Phi) is 6.13. The van der Waals surface area contributed by atoms with E-state index in [1.165, 1.54) is 37.8 Å². The van der Waals surface area contributed by atoms with Crippen molar-refractivity contribution in [1.29, 1.82) is 0 Å². The maximum atomic E-state index is 12.7. The molecule has 0 bridgehead atoms. The van der Waals surface area contributed by atoms with Crippen LogP contribution in [0.15, 0.2) is 48.5 Å². The lowest BCUT2D eigenvalue weighted by molar-refractivity contribution is 0.0927. The Hall–Kier alpha value is -2.82. The highest BCUT2D eigenvalue weighted by molar-refractivity contribution is 6.06. The van der Waals surface area contributed by atoms with E-state index in [-0.39, 0.29) is 17.9 Å². The Labute approximate surface area is 172 Å². The monoisotopic (exact) mass is 391 g/mol.